The van der Waals surface area contributed by atoms with E-state index in [0.29, 0.717) is 11.6 Å². The van der Waals surface area contributed by atoms with Gasteiger partial charge in [0.25, 0.3) is 0 Å². The fourth-order valence-corrected chi connectivity index (χ4v) is 2.74. The Hall–Kier alpha value is -1.01. The molecule has 0 fully saturated rings. The van der Waals surface area contributed by atoms with Gasteiger partial charge in [0.1, 0.15) is 0 Å². The van der Waals surface area contributed by atoms with Gasteiger partial charge in [-0.2, -0.15) is 4.98 Å². The third-order valence-corrected chi connectivity index (χ3v) is 4.15. The maximum atomic E-state index is 5.94. The molecule has 1 aromatic carbocycles. The van der Waals surface area contributed by atoms with Crippen LogP contribution in [-0.4, -0.2) is 10.1 Å². The first kappa shape index (κ1) is 14.4. The van der Waals surface area contributed by atoms with Crippen molar-refractivity contribution < 1.29 is 4.52 Å². The predicted molar refractivity (Wildman–Crippen MR) is 81.0 cm³/mol. The van der Waals surface area contributed by atoms with Gasteiger partial charge < -0.3 is 10.3 Å². The summed E-state index contributed by atoms with van der Waals surface area (Å²) in [6, 6.07) is 5.85. The lowest BCUT2D eigenvalue weighted by atomic mass is 10.2. The Morgan fingerprint density at radius 2 is 2.26 bits per heavy atom. The van der Waals surface area contributed by atoms with E-state index in [2.05, 4.69) is 33.0 Å². The van der Waals surface area contributed by atoms with Crippen LogP contribution in [0.5, 0.6) is 0 Å². The average Bonchev–Trinajstić information content (AvgIpc) is 2.83. The maximum Gasteiger partial charge on any atom is 0.237 e. The molecule has 0 spiro atoms. The van der Waals surface area contributed by atoms with Gasteiger partial charge in [0, 0.05) is 21.5 Å². The molecule has 2 aromatic rings. The lowest BCUT2D eigenvalue weighted by molar-refractivity contribution is 0.384. The van der Waals surface area contributed by atoms with Gasteiger partial charge in [-0.1, -0.05) is 34.4 Å². The second kappa shape index (κ2) is 6.96. The lowest BCUT2D eigenvalue weighted by Gasteiger charge is -2.03. The van der Waals surface area contributed by atoms with Gasteiger partial charge in [-0.15, -0.1) is 11.8 Å². The molecule has 0 saturated carbocycles. The van der Waals surface area contributed by atoms with Crippen LogP contribution >= 0.6 is 27.7 Å². The maximum absolute atomic E-state index is 5.94. The molecule has 19 heavy (non-hydrogen) atoms. The zero-order chi connectivity index (χ0) is 13.7. The van der Waals surface area contributed by atoms with Crippen molar-refractivity contribution in [3.8, 4) is 0 Å². The van der Waals surface area contributed by atoms with E-state index in [1.807, 2.05) is 18.2 Å². The van der Waals surface area contributed by atoms with Gasteiger partial charge in [-0.3, -0.25) is 0 Å². The van der Waals surface area contributed by atoms with E-state index in [0.717, 1.165) is 40.1 Å². The highest BCUT2D eigenvalue weighted by atomic mass is 79.9. The van der Waals surface area contributed by atoms with Gasteiger partial charge >= 0.3 is 0 Å². The van der Waals surface area contributed by atoms with E-state index < -0.39 is 0 Å². The van der Waals surface area contributed by atoms with Crippen molar-refractivity contribution in [2.45, 2.75) is 36.8 Å². The Labute approximate surface area is 125 Å². The summed E-state index contributed by atoms with van der Waals surface area (Å²) >= 11 is 4.99. The number of nitrogen functional groups attached to an aromatic ring is 1. The molecule has 0 unspecified atom stereocenters. The summed E-state index contributed by atoms with van der Waals surface area (Å²) in [6.45, 7) is 2.15. The van der Waals surface area contributed by atoms with Crippen molar-refractivity contribution in [1.29, 1.82) is 0 Å². The van der Waals surface area contributed by atoms with Crippen molar-refractivity contribution in [3.63, 3.8) is 0 Å². The first-order chi connectivity index (χ1) is 9.19. The van der Waals surface area contributed by atoms with Crippen molar-refractivity contribution in [3.05, 3.63) is 34.4 Å². The summed E-state index contributed by atoms with van der Waals surface area (Å²) in [7, 11) is 0. The monoisotopic (exact) mass is 341 g/mol. The second-order valence-electron chi connectivity index (χ2n) is 4.18. The quantitative estimate of drug-likeness (QED) is 0.634. The highest BCUT2D eigenvalue weighted by molar-refractivity contribution is 9.10. The van der Waals surface area contributed by atoms with Crippen LogP contribution in [0, 0.1) is 0 Å². The normalized spacial score (nSPS) is 10.8. The van der Waals surface area contributed by atoms with Crippen LogP contribution in [0.2, 0.25) is 0 Å². The largest absolute Gasteiger partial charge is 0.398 e. The zero-order valence-corrected chi connectivity index (χ0v) is 13.1. The zero-order valence-electron chi connectivity index (χ0n) is 10.7. The van der Waals surface area contributed by atoms with Crippen LogP contribution in [-0.2, 0) is 12.2 Å². The average molecular weight is 342 g/mol. The smallest absolute Gasteiger partial charge is 0.237 e. The summed E-state index contributed by atoms with van der Waals surface area (Å²) in [6.07, 6.45) is 3.10. The molecular weight excluding hydrogens is 326 g/mol. The minimum atomic E-state index is 0.644. The first-order valence-corrected chi connectivity index (χ1v) is 7.96. The second-order valence-corrected chi connectivity index (χ2v) is 6.11. The van der Waals surface area contributed by atoms with E-state index in [1.54, 1.807) is 11.8 Å². The molecule has 0 aliphatic carbocycles. The molecule has 1 aromatic heterocycles. The number of aromatic nitrogens is 2. The minimum Gasteiger partial charge on any atom is -0.398 e. The molecule has 102 valence electrons. The van der Waals surface area contributed by atoms with Gasteiger partial charge in [-0.05, 0) is 24.6 Å². The Morgan fingerprint density at radius 3 is 3.00 bits per heavy atom. The molecule has 2 N–H and O–H groups in total. The topological polar surface area (TPSA) is 64.9 Å². The summed E-state index contributed by atoms with van der Waals surface area (Å²) in [4.78, 5) is 5.39. The number of hydrogen-bond donors (Lipinski definition) is 1. The number of hydrogen-bond acceptors (Lipinski definition) is 5. The summed E-state index contributed by atoms with van der Waals surface area (Å²) in [5, 5.41) is 3.96. The number of thioether (sulfide) groups is 1. The lowest BCUT2D eigenvalue weighted by Crippen LogP contribution is -1.90. The van der Waals surface area contributed by atoms with Gasteiger partial charge in [-0.25, -0.2) is 0 Å². The number of nitrogens with zero attached hydrogens (tertiary/aromatic N) is 2. The van der Waals surface area contributed by atoms with E-state index in [1.165, 1.54) is 0 Å². The van der Waals surface area contributed by atoms with E-state index >= 15 is 0 Å². The third-order valence-electron chi connectivity index (χ3n) is 2.59. The van der Waals surface area contributed by atoms with Crippen LogP contribution in [0.15, 0.2) is 32.1 Å². The standard InChI is InChI=1S/C13H16BrN3OS/c1-2-3-4-12-16-13(18-17-12)8-19-11-6-5-9(14)7-10(11)15/h5-7H,2-4,8,15H2,1H3. The number of unbranched alkanes of at least 4 members (excludes halogenated alkanes) is 1. The summed E-state index contributed by atoms with van der Waals surface area (Å²) in [5.74, 6) is 2.09. The fourth-order valence-electron chi connectivity index (χ4n) is 1.58. The Kier molecular flexibility index (Phi) is 5.27. The first-order valence-electron chi connectivity index (χ1n) is 6.18. The molecule has 0 radical (unpaired) electrons. The highest BCUT2D eigenvalue weighted by Crippen LogP contribution is 2.29. The van der Waals surface area contributed by atoms with Crippen molar-refractivity contribution in [1.82, 2.24) is 10.1 Å². The molecule has 0 aliphatic rings. The molecule has 4 nitrogen and oxygen atoms in total. The van der Waals surface area contributed by atoms with Crippen molar-refractivity contribution >= 4 is 33.4 Å². The Balaban J connectivity index is 1.92. The third kappa shape index (κ3) is 4.24. The number of rotatable bonds is 6. The van der Waals surface area contributed by atoms with Crippen LogP contribution in [0.25, 0.3) is 0 Å². The molecule has 6 heteroatoms. The number of halogens is 1. The van der Waals surface area contributed by atoms with Gasteiger partial charge in [0.15, 0.2) is 5.82 Å². The number of aryl methyl sites for hydroxylation is 1. The molecular formula is C13H16BrN3OS. The number of anilines is 1. The molecule has 0 amide bonds. The van der Waals surface area contributed by atoms with Crippen molar-refractivity contribution in [2.24, 2.45) is 0 Å². The highest BCUT2D eigenvalue weighted by Gasteiger charge is 2.08. The molecule has 2 rings (SSSR count). The van der Waals surface area contributed by atoms with E-state index in [-0.39, 0.29) is 0 Å². The predicted octanol–water partition coefficient (Wildman–Crippen LogP) is 4.05. The van der Waals surface area contributed by atoms with Gasteiger partial charge in [0.05, 0.1) is 5.75 Å². The number of benzene rings is 1. The molecule has 0 atom stereocenters. The van der Waals surface area contributed by atoms with Crippen LogP contribution in [0.4, 0.5) is 5.69 Å². The Morgan fingerprint density at radius 1 is 1.42 bits per heavy atom. The SMILES string of the molecule is CCCCc1noc(CSc2ccc(Br)cc2N)n1. The number of nitrogens with two attached hydrogens (primary N) is 1. The molecule has 1 heterocycles. The van der Waals surface area contributed by atoms with E-state index in [4.69, 9.17) is 10.3 Å². The molecule has 0 bridgehead atoms. The van der Waals surface area contributed by atoms with Gasteiger partial charge in [0.2, 0.25) is 5.89 Å². The van der Waals surface area contributed by atoms with Crippen molar-refractivity contribution in [2.75, 3.05) is 5.73 Å². The van der Waals surface area contributed by atoms with Crippen LogP contribution in [0.3, 0.4) is 0 Å². The minimum absolute atomic E-state index is 0.644. The summed E-state index contributed by atoms with van der Waals surface area (Å²) in [5.41, 5.74) is 6.69. The van der Waals surface area contributed by atoms with E-state index in [9.17, 15) is 0 Å². The Bertz CT molecular complexity index is 544. The van der Waals surface area contributed by atoms with Crippen LogP contribution < -0.4 is 5.73 Å². The fraction of sp³-hybridized carbons (Fsp3) is 0.385. The van der Waals surface area contributed by atoms with Crippen LogP contribution in [0.1, 0.15) is 31.5 Å². The summed E-state index contributed by atoms with van der Waals surface area (Å²) < 4.78 is 6.20. The molecule has 0 aliphatic heterocycles. The molecule has 0 saturated heterocycles.